The molecule has 0 aromatic heterocycles. The van der Waals surface area contributed by atoms with E-state index in [0.717, 1.165) is 124 Å². The molecule has 21 aliphatic rings. The van der Waals surface area contributed by atoms with Crippen molar-refractivity contribution in [2.45, 2.75) is 0 Å². The third kappa shape index (κ3) is 15.4. The van der Waals surface area contributed by atoms with Crippen LogP contribution in [0.25, 0.3) is 0 Å². The minimum Gasteiger partial charge on any atom is -0.311 e. The van der Waals surface area contributed by atoms with E-state index in [9.17, 15) is 0 Å². The molecule has 0 aliphatic carbocycles. The third-order valence-corrected chi connectivity index (χ3v) is 14.7. The molecule has 0 saturated carbocycles. The van der Waals surface area contributed by atoms with Crippen molar-refractivity contribution in [1.29, 1.82) is 0 Å². The summed E-state index contributed by atoms with van der Waals surface area (Å²) in [6, 6.07) is 83.3. The molecule has 0 saturated heterocycles. The zero-order chi connectivity index (χ0) is 56.1. The lowest BCUT2D eigenvalue weighted by atomic mass is 10.1. The summed E-state index contributed by atoms with van der Waals surface area (Å²) < 4.78 is 0. The number of nitrogens with zero attached hydrogens (tertiary/aromatic N) is 11. The number of aliphatic imine (C=N–C) groups is 6. The third-order valence-electron chi connectivity index (χ3n) is 14.7. The van der Waals surface area contributed by atoms with Crippen LogP contribution in [0.4, 0.5) is 51.2 Å². The Morgan fingerprint density at radius 3 is 0.506 bits per heavy atom. The molecule has 11 nitrogen and oxygen atoms in total. The van der Waals surface area contributed by atoms with Gasteiger partial charge >= 0.3 is 0 Å². The summed E-state index contributed by atoms with van der Waals surface area (Å²) in [6.45, 7) is 8.50. The highest BCUT2D eigenvalue weighted by Crippen LogP contribution is 2.37. The van der Waals surface area contributed by atoms with Crippen LogP contribution in [-0.2, 0) is 0 Å². The minimum atomic E-state index is 0.643. The first-order valence-corrected chi connectivity index (χ1v) is 28.7. The van der Waals surface area contributed by atoms with Crippen molar-refractivity contribution >= 4 is 88.5 Å². The predicted octanol–water partition coefficient (Wildman–Crippen LogP) is 14.6. The van der Waals surface area contributed by atoms with E-state index < -0.39 is 0 Å². The first-order valence-electron chi connectivity index (χ1n) is 28.7. The summed E-state index contributed by atoms with van der Waals surface area (Å²) in [6.07, 6.45) is 11.9. The van der Waals surface area contributed by atoms with Crippen molar-refractivity contribution in [2.24, 2.45) is 30.0 Å². The molecule has 0 atom stereocenters. The van der Waals surface area contributed by atoms with Gasteiger partial charge in [0, 0.05) is 128 Å². The highest BCUT2D eigenvalue weighted by atomic mass is 15.2. The van der Waals surface area contributed by atoms with Crippen LogP contribution in [0.5, 0.6) is 0 Å². The maximum Gasteiger partial charge on any atom is 0.0517 e. The summed E-state index contributed by atoms with van der Waals surface area (Å²) in [4.78, 5) is 41.4. The molecule has 0 amide bonds. The molecule has 0 radical (unpaired) electrons. The Hall–Kier alpha value is -9.68. The molecule has 9 aromatic rings. The van der Waals surface area contributed by atoms with E-state index in [-0.39, 0.29) is 0 Å². The first kappa shape index (κ1) is 55.2. The Morgan fingerprint density at radius 2 is 0.337 bits per heavy atom. The molecule has 83 heavy (non-hydrogen) atoms. The Kier molecular flexibility index (Phi) is 19.1. The summed E-state index contributed by atoms with van der Waals surface area (Å²) in [7, 11) is 0. The van der Waals surface area contributed by atoms with Gasteiger partial charge in [0.1, 0.15) is 0 Å². The van der Waals surface area contributed by atoms with Crippen LogP contribution >= 0.6 is 0 Å². The van der Waals surface area contributed by atoms with Gasteiger partial charge in [0.15, 0.2) is 0 Å². The topological polar surface area (TPSA) is 90.4 Å². The molecule has 14 bridgehead atoms. The molecule has 21 heterocycles. The smallest absolute Gasteiger partial charge is 0.0517 e. The number of rotatable bonds is 3. The first-order chi connectivity index (χ1) is 41.1. The largest absolute Gasteiger partial charge is 0.311 e. The van der Waals surface area contributed by atoms with Crippen molar-refractivity contribution in [3.63, 3.8) is 0 Å². The SMILES string of the molecule is C1=NCCN2CCN=Cc3ccc(cc3)N(c3ccccc3)c3ccc(cc3)C=NCCN(CCN=Cc3ccc(cc3)N(c3ccccc3)c3ccc1cc3)CCN=Cc1ccc(cc1)N(c1ccccc1)c1ccc(cc1)C=NCC2. The predicted molar refractivity (Wildman–Crippen MR) is 351 cm³/mol. The van der Waals surface area contributed by atoms with Gasteiger partial charge in [-0.05, 0) is 143 Å². The van der Waals surface area contributed by atoms with Gasteiger partial charge in [-0.25, -0.2) is 0 Å². The molecule has 21 aliphatic heterocycles. The van der Waals surface area contributed by atoms with Crippen LogP contribution in [0.3, 0.4) is 0 Å². The van der Waals surface area contributed by atoms with Crippen molar-refractivity contribution in [2.75, 3.05) is 93.2 Å². The van der Waals surface area contributed by atoms with E-state index >= 15 is 0 Å². The molecule has 0 unspecified atom stereocenters. The van der Waals surface area contributed by atoms with Gasteiger partial charge in [-0.15, -0.1) is 0 Å². The van der Waals surface area contributed by atoms with E-state index in [4.69, 9.17) is 30.0 Å². The second-order valence-corrected chi connectivity index (χ2v) is 20.5. The van der Waals surface area contributed by atoms with E-state index in [0.29, 0.717) is 39.3 Å². The highest BCUT2D eigenvalue weighted by molar-refractivity contribution is 5.88. The molecule has 0 spiro atoms. The van der Waals surface area contributed by atoms with Crippen molar-refractivity contribution in [3.05, 3.63) is 270 Å². The van der Waals surface area contributed by atoms with Crippen LogP contribution in [0.15, 0.2) is 267 Å². The van der Waals surface area contributed by atoms with Gasteiger partial charge in [-0.3, -0.25) is 39.8 Å². The molecule has 0 fully saturated rings. The van der Waals surface area contributed by atoms with Crippen LogP contribution in [0, 0.1) is 0 Å². The monoisotopic (exact) mass is 1090 g/mol. The summed E-state index contributed by atoms with van der Waals surface area (Å²) in [5.74, 6) is 0. The minimum absolute atomic E-state index is 0.643. The second-order valence-electron chi connectivity index (χ2n) is 20.5. The fourth-order valence-electron chi connectivity index (χ4n) is 10.2. The Balaban J connectivity index is 0.918. The van der Waals surface area contributed by atoms with Crippen molar-refractivity contribution in [3.8, 4) is 0 Å². The lowest BCUT2D eigenvalue weighted by Crippen LogP contribution is -2.31. The number of hydrogen-bond donors (Lipinski definition) is 0. The molecule has 11 heteroatoms. The van der Waals surface area contributed by atoms with Crippen LogP contribution < -0.4 is 14.7 Å². The molecule has 30 rings (SSSR count). The van der Waals surface area contributed by atoms with E-state index in [1.807, 2.05) is 37.3 Å². The molecule has 9 aromatic carbocycles. The zero-order valence-electron chi connectivity index (χ0n) is 46.9. The highest BCUT2D eigenvalue weighted by Gasteiger charge is 2.16. The van der Waals surface area contributed by atoms with Gasteiger partial charge < -0.3 is 14.7 Å². The summed E-state index contributed by atoms with van der Waals surface area (Å²) in [5.41, 5.74) is 15.9. The fourth-order valence-corrected chi connectivity index (χ4v) is 10.2. The van der Waals surface area contributed by atoms with Gasteiger partial charge in [0.2, 0.25) is 0 Å². The number of benzene rings is 9. The van der Waals surface area contributed by atoms with Gasteiger partial charge in [-0.1, -0.05) is 127 Å². The van der Waals surface area contributed by atoms with Crippen LogP contribution in [0.2, 0.25) is 0 Å². The number of hydrogen-bond acceptors (Lipinski definition) is 11. The quantitative estimate of drug-likeness (QED) is 0.176. The molecule has 412 valence electrons. The fraction of sp³-hybridized carbons (Fsp3) is 0.167. The normalized spacial score (nSPS) is 16.7. The van der Waals surface area contributed by atoms with E-state index in [2.05, 4.69) is 261 Å². The Labute approximate surface area is 489 Å². The van der Waals surface area contributed by atoms with Gasteiger partial charge in [0.25, 0.3) is 0 Å². The summed E-state index contributed by atoms with van der Waals surface area (Å²) >= 11 is 0. The average molecular weight is 1090 g/mol. The Bertz CT molecular complexity index is 3030. The maximum absolute atomic E-state index is 4.95. The van der Waals surface area contributed by atoms with E-state index in [1.54, 1.807) is 0 Å². The van der Waals surface area contributed by atoms with Crippen LogP contribution in [-0.4, -0.2) is 126 Å². The second kappa shape index (κ2) is 28.6. The average Bonchev–Trinajstić information content (AvgIpc) is 3.73. The van der Waals surface area contributed by atoms with Crippen molar-refractivity contribution in [1.82, 2.24) is 9.80 Å². The zero-order valence-corrected chi connectivity index (χ0v) is 46.9. The number of anilines is 9. The number of para-hydroxylation sites is 3. The molecular weight excluding hydrogens is 1020 g/mol. The van der Waals surface area contributed by atoms with Gasteiger partial charge in [0.05, 0.1) is 39.3 Å². The van der Waals surface area contributed by atoms with Crippen LogP contribution in [0.1, 0.15) is 33.4 Å². The van der Waals surface area contributed by atoms with Gasteiger partial charge in [-0.2, -0.15) is 0 Å². The maximum atomic E-state index is 4.95. The lowest BCUT2D eigenvalue weighted by Gasteiger charge is -2.25. The lowest BCUT2D eigenvalue weighted by molar-refractivity contribution is 0.298. The standard InChI is InChI=1S/C72H69N11/c1-4-10-64(11-5-1)81-67-28-16-58(17-29-67)52-73-40-46-79-48-42-75-54-60-20-32-69(33-21-60)82(65-12-6-2-7-13-65)70-34-22-61(23-35-70)55-76-43-49-80(47-41-74-53-59-18-30-68(81)31-19-59)51-45-78-57-63-26-38-72(39-27-63)83(66-14-8-3-9-15-66)71-36-24-62(25-37-71)56-77-44-50-79/h1-39,52-57H,40-51H2. The Morgan fingerprint density at radius 1 is 0.181 bits per heavy atom. The summed E-state index contributed by atoms with van der Waals surface area (Å²) in [5, 5.41) is 0. The van der Waals surface area contributed by atoms with Crippen molar-refractivity contribution < 1.29 is 0 Å². The van der Waals surface area contributed by atoms with E-state index in [1.165, 1.54) is 0 Å². The molecular formula is C72H69N11. The molecule has 0 N–H and O–H groups in total.